The van der Waals surface area contributed by atoms with Crippen molar-refractivity contribution in [3.05, 3.63) is 0 Å². The second-order valence-corrected chi connectivity index (χ2v) is 2.08. The first kappa shape index (κ1) is 7.42. The van der Waals surface area contributed by atoms with E-state index in [0.717, 1.165) is 0 Å². The molecule has 6 nitrogen and oxygen atoms in total. The molecule has 0 aromatic rings. The Morgan fingerprint density at radius 1 is 1.40 bits per heavy atom. The molecule has 1 saturated heterocycles. The fourth-order valence-electron chi connectivity index (χ4n) is 0.686. The van der Waals surface area contributed by atoms with Crippen LogP contribution in [0.15, 0.2) is 0 Å². The molecular weight excluding hydrogens is 136 g/mol. The van der Waals surface area contributed by atoms with E-state index in [0.29, 0.717) is 0 Å². The fourth-order valence-corrected chi connectivity index (χ4v) is 0.686. The van der Waals surface area contributed by atoms with Gasteiger partial charge in [0.1, 0.15) is 0 Å². The van der Waals surface area contributed by atoms with Gasteiger partial charge in [0, 0.05) is 14.1 Å². The number of aliphatic carboxylic acids is 1. The zero-order valence-corrected chi connectivity index (χ0v) is 5.83. The van der Waals surface area contributed by atoms with E-state index in [1.165, 1.54) is 0 Å². The SMILES string of the molecule is CN1NC(C(=O)O)NN1C. The van der Waals surface area contributed by atoms with E-state index in [2.05, 4.69) is 10.9 Å². The van der Waals surface area contributed by atoms with E-state index in [1.807, 2.05) is 0 Å². The van der Waals surface area contributed by atoms with Gasteiger partial charge < -0.3 is 5.11 Å². The van der Waals surface area contributed by atoms with Crippen molar-refractivity contribution < 1.29 is 9.90 Å². The van der Waals surface area contributed by atoms with Crippen molar-refractivity contribution in [2.75, 3.05) is 14.1 Å². The van der Waals surface area contributed by atoms with Crippen LogP contribution in [-0.4, -0.2) is 41.6 Å². The van der Waals surface area contributed by atoms with Gasteiger partial charge in [-0.1, -0.05) is 0 Å². The summed E-state index contributed by atoms with van der Waals surface area (Å²) in [5, 5.41) is 11.6. The Hall–Kier alpha value is -0.690. The molecule has 0 bridgehead atoms. The van der Waals surface area contributed by atoms with Crippen molar-refractivity contribution in [1.29, 1.82) is 0 Å². The van der Waals surface area contributed by atoms with E-state index < -0.39 is 12.1 Å². The third-order valence-corrected chi connectivity index (χ3v) is 1.33. The van der Waals surface area contributed by atoms with Crippen molar-refractivity contribution >= 4 is 5.97 Å². The van der Waals surface area contributed by atoms with E-state index in [-0.39, 0.29) is 0 Å². The summed E-state index contributed by atoms with van der Waals surface area (Å²) >= 11 is 0. The lowest BCUT2D eigenvalue weighted by Crippen LogP contribution is -2.41. The molecule has 0 atom stereocenters. The van der Waals surface area contributed by atoms with Crippen LogP contribution in [0.25, 0.3) is 0 Å². The van der Waals surface area contributed by atoms with Crippen molar-refractivity contribution in [3.8, 4) is 0 Å². The van der Waals surface area contributed by atoms with Gasteiger partial charge in [0.2, 0.25) is 0 Å². The molecule has 6 heteroatoms. The lowest BCUT2D eigenvalue weighted by atomic mass is 10.5. The molecule has 58 valence electrons. The number of nitrogens with zero attached hydrogens (tertiary/aromatic N) is 2. The highest BCUT2D eigenvalue weighted by Crippen LogP contribution is 1.93. The third-order valence-electron chi connectivity index (χ3n) is 1.33. The molecule has 1 rings (SSSR count). The predicted octanol–water partition coefficient (Wildman–Crippen LogP) is -1.80. The first-order valence-electron chi connectivity index (χ1n) is 2.84. The fraction of sp³-hybridized carbons (Fsp3) is 0.750. The van der Waals surface area contributed by atoms with Crippen LogP contribution >= 0.6 is 0 Å². The minimum atomic E-state index is -0.920. The lowest BCUT2D eigenvalue weighted by Gasteiger charge is -2.14. The van der Waals surface area contributed by atoms with Gasteiger partial charge in [-0.05, 0) is 0 Å². The zero-order valence-electron chi connectivity index (χ0n) is 5.83. The average Bonchev–Trinajstić information content (AvgIpc) is 2.13. The van der Waals surface area contributed by atoms with E-state index in [1.54, 1.807) is 24.3 Å². The molecule has 0 spiro atoms. The molecule has 1 aliphatic rings. The highest BCUT2D eigenvalue weighted by atomic mass is 16.4. The van der Waals surface area contributed by atoms with Crippen LogP contribution in [0.2, 0.25) is 0 Å². The average molecular weight is 146 g/mol. The Morgan fingerprint density at radius 2 is 1.80 bits per heavy atom. The summed E-state index contributed by atoms with van der Waals surface area (Å²) in [4.78, 5) is 10.3. The van der Waals surface area contributed by atoms with Crippen molar-refractivity contribution in [3.63, 3.8) is 0 Å². The molecule has 0 saturated carbocycles. The molecule has 0 aromatic heterocycles. The Balaban J connectivity index is 2.49. The molecule has 1 aliphatic heterocycles. The maximum absolute atomic E-state index is 10.3. The molecule has 1 heterocycles. The Labute approximate surface area is 58.3 Å². The molecule has 0 amide bonds. The maximum Gasteiger partial charge on any atom is 0.338 e. The Morgan fingerprint density at radius 3 is 2.00 bits per heavy atom. The second-order valence-electron chi connectivity index (χ2n) is 2.08. The lowest BCUT2D eigenvalue weighted by molar-refractivity contribution is -0.140. The number of hydrogen-bond acceptors (Lipinski definition) is 5. The smallest absolute Gasteiger partial charge is 0.338 e. The van der Waals surface area contributed by atoms with Crippen molar-refractivity contribution in [1.82, 2.24) is 21.1 Å². The largest absolute Gasteiger partial charge is 0.479 e. The van der Waals surface area contributed by atoms with E-state index in [9.17, 15) is 4.79 Å². The van der Waals surface area contributed by atoms with Gasteiger partial charge >= 0.3 is 5.97 Å². The first-order valence-corrected chi connectivity index (χ1v) is 2.84. The highest BCUT2D eigenvalue weighted by Gasteiger charge is 2.28. The molecular formula is C4H10N4O2. The predicted molar refractivity (Wildman–Crippen MR) is 33.2 cm³/mol. The van der Waals surface area contributed by atoms with Crippen molar-refractivity contribution in [2.45, 2.75) is 6.17 Å². The molecule has 10 heavy (non-hydrogen) atoms. The number of carbonyl (C=O) groups is 1. The molecule has 0 radical (unpaired) electrons. The summed E-state index contributed by atoms with van der Waals surface area (Å²) in [7, 11) is 3.44. The highest BCUT2D eigenvalue weighted by molar-refractivity contribution is 5.72. The number of carboxylic acids is 1. The summed E-state index contributed by atoms with van der Waals surface area (Å²) in [6, 6.07) is 0. The minimum absolute atomic E-state index is 0.713. The van der Waals surface area contributed by atoms with Crippen LogP contribution in [0.5, 0.6) is 0 Å². The number of hydrogen-bond donors (Lipinski definition) is 3. The van der Waals surface area contributed by atoms with Crippen LogP contribution in [-0.2, 0) is 4.79 Å². The van der Waals surface area contributed by atoms with Crippen LogP contribution in [0, 0.1) is 0 Å². The van der Waals surface area contributed by atoms with Gasteiger partial charge in [-0.2, -0.15) is 10.2 Å². The van der Waals surface area contributed by atoms with Gasteiger partial charge in [-0.25, -0.2) is 15.6 Å². The number of hydrazine groups is 3. The Bertz CT molecular complexity index is 140. The minimum Gasteiger partial charge on any atom is -0.479 e. The monoisotopic (exact) mass is 146 g/mol. The van der Waals surface area contributed by atoms with Crippen LogP contribution in [0.3, 0.4) is 0 Å². The molecule has 0 unspecified atom stereocenters. The van der Waals surface area contributed by atoms with Gasteiger partial charge in [0.05, 0.1) is 0 Å². The summed E-state index contributed by atoms with van der Waals surface area (Å²) < 4.78 is 0. The number of rotatable bonds is 1. The van der Waals surface area contributed by atoms with Crippen LogP contribution < -0.4 is 10.9 Å². The van der Waals surface area contributed by atoms with Gasteiger partial charge in [0.15, 0.2) is 6.17 Å². The molecule has 0 aromatic carbocycles. The summed E-state index contributed by atoms with van der Waals surface area (Å²) in [5.41, 5.74) is 5.30. The van der Waals surface area contributed by atoms with E-state index >= 15 is 0 Å². The maximum atomic E-state index is 10.3. The number of carboxylic acid groups (broad SMARTS) is 1. The van der Waals surface area contributed by atoms with Crippen LogP contribution in [0.4, 0.5) is 0 Å². The molecule has 0 aliphatic carbocycles. The summed E-state index contributed by atoms with van der Waals surface area (Å²) in [6.07, 6.45) is -0.713. The third kappa shape index (κ3) is 1.24. The standard InChI is InChI=1S/C4H10N4O2/c1-7-5-3(4(9)10)6-8(7)2/h3,5-6H,1-2H3,(H,9,10). The Kier molecular flexibility index (Phi) is 1.86. The molecule has 1 fully saturated rings. The zero-order chi connectivity index (χ0) is 7.72. The first-order chi connectivity index (χ1) is 4.61. The van der Waals surface area contributed by atoms with Gasteiger partial charge in [0.25, 0.3) is 0 Å². The van der Waals surface area contributed by atoms with E-state index in [4.69, 9.17) is 5.11 Å². The van der Waals surface area contributed by atoms with Crippen LogP contribution in [0.1, 0.15) is 0 Å². The normalized spacial score (nSPS) is 23.8. The van der Waals surface area contributed by atoms with Gasteiger partial charge in [-0.15, -0.1) is 0 Å². The summed E-state index contributed by atoms with van der Waals surface area (Å²) in [6.45, 7) is 0. The molecule has 3 N–H and O–H groups in total. The summed E-state index contributed by atoms with van der Waals surface area (Å²) in [5.74, 6) is -0.920. The van der Waals surface area contributed by atoms with Crippen molar-refractivity contribution in [2.24, 2.45) is 0 Å². The quantitative estimate of drug-likeness (QED) is 0.405. The van der Waals surface area contributed by atoms with Gasteiger partial charge in [-0.3, -0.25) is 0 Å². The number of nitrogens with one attached hydrogen (secondary N) is 2. The topological polar surface area (TPSA) is 67.8 Å². The second kappa shape index (κ2) is 2.51.